The topological polar surface area (TPSA) is 21.3 Å². The van der Waals surface area contributed by atoms with Crippen molar-refractivity contribution in [3.63, 3.8) is 0 Å². The zero-order chi connectivity index (χ0) is 12.6. The van der Waals surface area contributed by atoms with E-state index in [0.717, 1.165) is 25.6 Å². The van der Waals surface area contributed by atoms with Gasteiger partial charge < -0.3 is 10.1 Å². The van der Waals surface area contributed by atoms with E-state index in [9.17, 15) is 0 Å². The highest BCUT2D eigenvalue weighted by Crippen LogP contribution is 2.21. The molecule has 1 heterocycles. The zero-order valence-corrected chi connectivity index (χ0v) is 12.2. The number of nitrogens with one attached hydrogen (secondary N) is 1. The molecule has 0 amide bonds. The van der Waals surface area contributed by atoms with Gasteiger partial charge in [-0.2, -0.15) is 0 Å². The van der Waals surface area contributed by atoms with Crippen molar-refractivity contribution in [3.05, 3.63) is 22.4 Å². The van der Waals surface area contributed by atoms with E-state index >= 15 is 0 Å². The molecule has 0 spiro atoms. The highest BCUT2D eigenvalue weighted by molar-refractivity contribution is 7.09. The predicted octanol–water partition coefficient (Wildman–Crippen LogP) is 3.62. The lowest BCUT2D eigenvalue weighted by Crippen LogP contribution is -2.35. The van der Waals surface area contributed by atoms with Crippen LogP contribution in [0.3, 0.4) is 0 Å². The van der Waals surface area contributed by atoms with Crippen molar-refractivity contribution in [2.45, 2.75) is 57.6 Å². The monoisotopic (exact) mass is 267 g/mol. The summed E-state index contributed by atoms with van der Waals surface area (Å²) in [5.74, 6) is 0. The van der Waals surface area contributed by atoms with Crippen LogP contribution in [0.4, 0.5) is 0 Å². The van der Waals surface area contributed by atoms with Crippen molar-refractivity contribution in [1.82, 2.24) is 5.32 Å². The number of hydrogen-bond acceptors (Lipinski definition) is 3. The van der Waals surface area contributed by atoms with Crippen molar-refractivity contribution in [2.75, 3.05) is 13.2 Å². The van der Waals surface area contributed by atoms with Gasteiger partial charge in [-0.1, -0.05) is 13.0 Å². The molecule has 1 saturated carbocycles. The van der Waals surface area contributed by atoms with E-state index in [1.54, 1.807) is 0 Å². The fourth-order valence-electron chi connectivity index (χ4n) is 2.56. The van der Waals surface area contributed by atoms with Crippen molar-refractivity contribution in [2.24, 2.45) is 0 Å². The van der Waals surface area contributed by atoms with Gasteiger partial charge >= 0.3 is 0 Å². The van der Waals surface area contributed by atoms with Crippen LogP contribution < -0.4 is 5.32 Å². The number of rotatable bonds is 7. The molecule has 3 heteroatoms. The molecule has 18 heavy (non-hydrogen) atoms. The molecule has 2 rings (SSSR count). The summed E-state index contributed by atoms with van der Waals surface area (Å²) in [6.45, 7) is 4.28. The third-order valence-corrected chi connectivity index (χ3v) is 4.58. The molecule has 0 radical (unpaired) electrons. The molecule has 1 aromatic rings. The summed E-state index contributed by atoms with van der Waals surface area (Å²) in [5, 5.41) is 5.76. The maximum absolute atomic E-state index is 5.99. The highest BCUT2D eigenvalue weighted by atomic mass is 32.1. The average molecular weight is 267 g/mol. The summed E-state index contributed by atoms with van der Waals surface area (Å²) >= 11 is 1.83. The highest BCUT2D eigenvalue weighted by Gasteiger charge is 2.20. The summed E-state index contributed by atoms with van der Waals surface area (Å²) in [4.78, 5) is 1.44. The van der Waals surface area contributed by atoms with Crippen LogP contribution in [-0.4, -0.2) is 25.3 Å². The lowest BCUT2D eigenvalue weighted by Gasteiger charge is -2.29. The first-order chi connectivity index (χ1) is 8.88. The molecule has 0 bridgehead atoms. The molecular formula is C15H25NOS. The molecule has 0 aromatic carbocycles. The average Bonchev–Trinajstić information content (AvgIpc) is 2.91. The van der Waals surface area contributed by atoms with Gasteiger partial charge in [-0.3, -0.25) is 0 Å². The van der Waals surface area contributed by atoms with Crippen molar-refractivity contribution < 1.29 is 4.74 Å². The Hall–Kier alpha value is -0.380. The Morgan fingerprint density at radius 3 is 2.83 bits per heavy atom. The van der Waals surface area contributed by atoms with Crippen LogP contribution in [-0.2, 0) is 11.2 Å². The van der Waals surface area contributed by atoms with Crippen molar-refractivity contribution >= 4 is 11.3 Å². The first-order valence-electron chi connectivity index (χ1n) is 7.26. The smallest absolute Gasteiger partial charge is 0.0576 e. The van der Waals surface area contributed by atoms with Gasteiger partial charge in [0.25, 0.3) is 0 Å². The van der Waals surface area contributed by atoms with E-state index in [-0.39, 0.29) is 0 Å². The van der Waals surface area contributed by atoms with E-state index in [1.165, 1.54) is 37.0 Å². The fraction of sp³-hybridized carbons (Fsp3) is 0.733. The molecule has 1 N–H and O–H groups in total. The van der Waals surface area contributed by atoms with Crippen LogP contribution in [0, 0.1) is 0 Å². The molecule has 1 aromatic heterocycles. The first kappa shape index (κ1) is 14.0. The SMILES string of the molecule is CCCNC1CCC(OCCc2cccs2)CC1. The van der Waals surface area contributed by atoms with Crippen LogP contribution in [0.2, 0.25) is 0 Å². The van der Waals surface area contributed by atoms with Crippen molar-refractivity contribution in [1.29, 1.82) is 0 Å². The minimum Gasteiger partial charge on any atom is -0.378 e. The third kappa shape index (κ3) is 4.71. The standard InChI is InChI=1S/C15H25NOS/c1-2-10-16-13-5-7-14(8-6-13)17-11-9-15-4-3-12-18-15/h3-4,12-14,16H,2,5-11H2,1H3. The molecule has 0 atom stereocenters. The Labute approximate surface area is 115 Å². The van der Waals surface area contributed by atoms with E-state index in [2.05, 4.69) is 29.8 Å². The molecule has 1 fully saturated rings. The number of thiophene rings is 1. The van der Waals surface area contributed by atoms with Gasteiger partial charge in [0.1, 0.15) is 0 Å². The summed E-state index contributed by atoms with van der Waals surface area (Å²) in [6.07, 6.45) is 7.83. The molecule has 102 valence electrons. The van der Waals surface area contributed by atoms with Crippen LogP contribution in [0.5, 0.6) is 0 Å². The molecule has 1 aliphatic rings. The Bertz CT molecular complexity index is 304. The first-order valence-corrected chi connectivity index (χ1v) is 8.14. The molecule has 2 nitrogen and oxygen atoms in total. The quantitative estimate of drug-likeness (QED) is 0.814. The van der Waals surface area contributed by atoms with E-state index in [0.29, 0.717) is 6.10 Å². The Morgan fingerprint density at radius 1 is 1.33 bits per heavy atom. The van der Waals surface area contributed by atoms with Gasteiger partial charge in [-0.05, 0) is 50.1 Å². The largest absolute Gasteiger partial charge is 0.378 e. The molecular weight excluding hydrogens is 242 g/mol. The van der Waals surface area contributed by atoms with Gasteiger partial charge in [-0.25, -0.2) is 0 Å². The van der Waals surface area contributed by atoms with Gasteiger partial charge in [0.2, 0.25) is 0 Å². The van der Waals surface area contributed by atoms with Gasteiger partial charge in [0.05, 0.1) is 12.7 Å². The lowest BCUT2D eigenvalue weighted by molar-refractivity contribution is 0.0245. The van der Waals surface area contributed by atoms with Crippen LogP contribution in [0.1, 0.15) is 43.9 Å². The normalized spacial score (nSPS) is 24.3. The fourth-order valence-corrected chi connectivity index (χ4v) is 3.25. The Kier molecular flexibility index (Phi) is 6.18. The Morgan fingerprint density at radius 2 is 2.17 bits per heavy atom. The van der Waals surface area contributed by atoms with E-state index < -0.39 is 0 Å². The summed E-state index contributed by atoms with van der Waals surface area (Å²) < 4.78 is 5.99. The van der Waals surface area contributed by atoms with E-state index in [1.807, 2.05) is 11.3 Å². The van der Waals surface area contributed by atoms with Gasteiger partial charge in [0.15, 0.2) is 0 Å². The molecule has 1 aliphatic carbocycles. The van der Waals surface area contributed by atoms with Gasteiger partial charge in [-0.15, -0.1) is 11.3 Å². The van der Waals surface area contributed by atoms with Crippen LogP contribution in [0.25, 0.3) is 0 Å². The summed E-state index contributed by atoms with van der Waals surface area (Å²) in [7, 11) is 0. The van der Waals surface area contributed by atoms with Crippen molar-refractivity contribution in [3.8, 4) is 0 Å². The number of ether oxygens (including phenoxy) is 1. The molecule has 0 aliphatic heterocycles. The molecule has 0 unspecified atom stereocenters. The van der Waals surface area contributed by atoms with Crippen LogP contribution in [0.15, 0.2) is 17.5 Å². The zero-order valence-electron chi connectivity index (χ0n) is 11.4. The second kappa shape index (κ2) is 7.93. The Balaban J connectivity index is 1.56. The minimum atomic E-state index is 0.504. The maximum atomic E-state index is 5.99. The predicted molar refractivity (Wildman–Crippen MR) is 78.3 cm³/mol. The van der Waals surface area contributed by atoms with Crippen LogP contribution >= 0.6 is 11.3 Å². The summed E-state index contributed by atoms with van der Waals surface area (Å²) in [6, 6.07) is 5.05. The second-order valence-electron chi connectivity index (χ2n) is 5.13. The second-order valence-corrected chi connectivity index (χ2v) is 6.16. The molecule has 0 saturated heterocycles. The van der Waals surface area contributed by atoms with E-state index in [4.69, 9.17) is 4.74 Å². The van der Waals surface area contributed by atoms with Gasteiger partial charge in [0, 0.05) is 17.3 Å². The third-order valence-electron chi connectivity index (χ3n) is 3.64. The number of hydrogen-bond donors (Lipinski definition) is 1. The lowest BCUT2D eigenvalue weighted by atomic mass is 9.93. The summed E-state index contributed by atoms with van der Waals surface area (Å²) in [5.41, 5.74) is 0. The maximum Gasteiger partial charge on any atom is 0.0576 e. The minimum absolute atomic E-state index is 0.504.